The monoisotopic (exact) mass is 1860 g/mol. The first kappa shape index (κ1) is 104. The second-order valence-corrected chi connectivity index (χ2v) is 31.7. The average Bonchev–Trinajstić information content (AvgIpc) is 0.748. The zero-order chi connectivity index (χ0) is 93.7. The van der Waals surface area contributed by atoms with Crippen LogP contribution in [0, 0.1) is 0 Å². The molecular weight excluding hydrogens is 1740 g/mol. The quantitative estimate of drug-likeness (QED) is 0.0290. The van der Waals surface area contributed by atoms with Gasteiger partial charge in [-0.2, -0.15) is 0 Å². The van der Waals surface area contributed by atoms with Gasteiger partial charge >= 0.3 is 5.97 Å². The van der Waals surface area contributed by atoms with Crippen molar-refractivity contribution in [2.45, 2.75) is 341 Å². The molecule has 50 atom stereocenters. The van der Waals surface area contributed by atoms with E-state index in [1.807, 2.05) is 0 Å². The predicted molar refractivity (Wildman–Crippen MR) is 388 cm³/mol. The predicted octanol–water partition coefficient (Wildman–Crippen LogP) is -22.0. The fourth-order valence-corrected chi connectivity index (χ4v) is 16.3. The summed E-state index contributed by atoms with van der Waals surface area (Å²) in [5.74, 6) is -6.60. The van der Waals surface area contributed by atoms with Crippen LogP contribution < -0.4 is 26.6 Å². The van der Waals surface area contributed by atoms with Gasteiger partial charge in [-0.1, -0.05) is 0 Å². The minimum atomic E-state index is -2.71. The van der Waals surface area contributed by atoms with E-state index in [2.05, 4.69) is 26.6 Å². The number of carbonyl (C=O) groups is 6. The van der Waals surface area contributed by atoms with Crippen LogP contribution in [0.1, 0.15) is 34.6 Å². The molecule has 732 valence electrons. The van der Waals surface area contributed by atoms with Crippen LogP contribution in [0.2, 0.25) is 0 Å². The van der Waals surface area contributed by atoms with Gasteiger partial charge in [-0.3, -0.25) is 24.0 Å². The highest BCUT2D eigenvalue weighted by molar-refractivity contribution is 5.75. The fourth-order valence-electron chi connectivity index (χ4n) is 16.3. The Balaban J connectivity index is 1.04. The third kappa shape index (κ3) is 23.2. The number of carbonyl (C=O) groups excluding carboxylic acids is 5. The molecule has 10 saturated heterocycles. The first-order chi connectivity index (χ1) is 60.0. The summed E-state index contributed by atoms with van der Waals surface area (Å²) in [5.41, 5.74) is 0. The maximum Gasteiger partial charge on any atom is 0.335 e. The Morgan fingerprint density at radius 1 is 0.228 bits per heavy atom. The van der Waals surface area contributed by atoms with E-state index in [-0.39, 0.29) is 0 Å². The molecule has 5 amide bonds. The Labute approximate surface area is 717 Å². The molecule has 10 aliphatic rings. The van der Waals surface area contributed by atoms with Crippen molar-refractivity contribution in [1.82, 2.24) is 26.6 Å². The highest BCUT2D eigenvalue weighted by Gasteiger charge is 2.63. The van der Waals surface area contributed by atoms with Crippen LogP contribution in [-0.4, -0.2) is 540 Å². The molecule has 0 saturated carbocycles. The van der Waals surface area contributed by atoms with Crippen molar-refractivity contribution < 1.29 is 257 Å². The van der Waals surface area contributed by atoms with Gasteiger partial charge in [-0.25, -0.2) is 4.79 Å². The number of hydrogen-bond acceptors (Lipinski definition) is 51. The number of carboxylic acids is 1. The van der Waals surface area contributed by atoms with E-state index >= 15 is 0 Å². The first-order valence-electron chi connectivity index (χ1n) is 40.1. The lowest BCUT2D eigenvalue weighted by Gasteiger charge is -2.52. The van der Waals surface area contributed by atoms with E-state index in [1.54, 1.807) is 0 Å². The lowest BCUT2D eigenvalue weighted by molar-refractivity contribution is -0.406. The van der Waals surface area contributed by atoms with Crippen molar-refractivity contribution in [1.29, 1.82) is 0 Å². The van der Waals surface area contributed by atoms with Crippen LogP contribution in [0.25, 0.3) is 0 Å². The number of aliphatic hydroxyl groups is 26. The lowest BCUT2D eigenvalue weighted by atomic mass is 9.93. The second-order valence-electron chi connectivity index (χ2n) is 31.7. The zero-order valence-corrected chi connectivity index (χ0v) is 68.0. The molecule has 32 N–H and O–H groups in total. The molecule has 10 heterocycles. The molecule has 57 heteroatoms. The molecule has 0 aliphatic carbocycles. The standard InChI is InChI=1S/C70H115N5O52/c1-15(84)71-29-41(96)51(24(10-80)110-61(29)108)119-64-32(74-18(4)87)42(97)53(25(11-81)115-64)122-68-50(105)56(38(93)28(118-68)14-109-69-58(45(100)36(91)22(8-78)114-69)126-63-31(73-17(3)86)40(95)35(90)21(7-77)112-63)124-70-59(48(103)54(27(13-83)117-70)120-62-30(72-16(2)85)39(94)34(89)20(6-76)111-62)127-65-33(75-19(5)88)43(98)52(26(12-82)116-65)121-67-49(104)55(37(92)23(9-79)113-67)123-66-47(102)44(99)46(101)57(125-66)60(106)107/h20-59,61-70,76-83,89-105,108H,6-14H2,1-5H3,(H,71,84)(H,72,85)(H,73,86)(H,74,87)(H,75,88)(H,106,107)/t20-,21-,22-,23-,24-,25-,26-,27-,28-,29-,30-,31-,32-,33-,34-,35-,36-,37+,38-,39-,40-,41-,42-,43-,44+,45+,46+,47-,48+,49-,50+,51-,52-,53-,54-,55+,56+,57+,58+,59+,61-,62+,63+,64+,65+,66-,67+,68+,69+,70-/m1/s1. The van der Waals surface area contributed by atoms with E-state index in [1.165, 1.54) is 0 Å². The van der Waals surface area contributed by atoms with Gasteiger partial charge in [0, 0.05) is 34.6 Å². The van der Waals surface area contributed by atoms with Crippen LogP contribution in [-0.2, 0) is 119 Å². The SMILES string of the molecule is CC(=O)N[C@@H]1[C@@H](O)[C@H](O[C@@H]2O[C@H](CO)[C@@H](O[C@@H]3O[C@H](CO[C@H]4O[C@H](CO)[C@@H](O)[C@H](O)[C@@H]4O[C@@H]4O[C@H](CO)[C@@H](O)[C@H](O)[C@H]4NC(C)=O)[C@@H](O)[C@H](O[C@H]4O[C@H](CO)[C@@H](O[C@@H]5O[C@H](CO)[C@@H](O)[C@H](O)[C@H]5NC(C)=O)[C@H](O)[C@@H]4O[C@@H]4O[C@H](CO)[C@@H](O[C@@H]5O[C@H](CO)[C@H](O)[C@H](O[C@@H]6O[C@H](C(=O)O)[C@@H](O)[C@H](O)[C@H]6O)[C@H]5O)[C@H](O)[C@H]4NC(C)=O)[C@@H]3O)[C@H](O)[C@H]2NC(C)=O)[C@@H](CO)O[C@H]1O. The topological polar surface area (TPSA) is 884 Å². The van der Waals surface area contributed by atoms with Crippen molar-refractivity contribution in [3.05, 3.63) is 0 Å². The smallest absolute Gasteiger partial charge is 0.335 e. The number of ether oxygens (including phenoxy) is 19. The molecule has 10 fully saturated rings. The van der Waals surface area contributed by atoms with Gasteiger partial charge in [0.05, 0.1) is 59.5 Å². The Morgan fingerprint density at radius 3 is 0.890 bits per heavy atom. The van der Waals surface area contributed by atoms with Crippen molar-refractivity contribution in [2.75, 3.05) is 59.5 Å². The minimum absolute atomic E-state index is 0.816. The molecule has 10 aliphatic heterocycles. The van der Waals surface area contributed by atoms with Gasteiger partial charge < -0.3 is 254 Å². The van der Waals surface area contributed by atoms with E-state index in [4.69, 9.17) is 90.0 Å². The third-order valence-electron chi connectivity index (χ3n) is 22.8. The molecule has 0 aromatic rings. The number of carboxylic acid groups (broad SMARTS) is 1. The Morgan fingerprint density at radius 2 is 0.496 bits per heavy atom. The maximum atomic E-state index is 13.4. The first-order valence-corrected chi connectivity index (χ1v) is 40.1. The molecule has 0 bridgehead atoms. The summed E-state index contributed by atoms with van der Waals surface area (Å²) in [4.78, 5) is 76.1. The van der Waals surface area contributed by atoms with Crippen molar-refractivity contribution in [3.8, 4) is 0 Å². The van der Waals surface area contributed by atoms with Crippen LogP contribution in [0.5, 0.6) is 0 Å². The van der Waals surface area contributed by atoms with Gasteiger partial charge in [-0.05, 0) is 0 Å². The summed E-state index contributed by atoms with van der Waals surface area (Å²) in [6, 6.07) is -9.55. The molecule has 0 aromatic heterocycles. The van der Waals surface area contributed by atoms with Gasteiger partial charge in [0.15, 0.2) is 69.0 Å². The summed E-state index contributed by atoms with van der Waals surface area (Å²) in [6.07, 6.45) is -99.4. The van der Waals surface area contributed by atoms with Crippen LogP contribution >= 0.6 is 0 Å². The van der Waals surface area contributed by atoms with Crippen molar-refractivity contribution in [3.63, 3.8) is 0 Å². The molecule has 0 aromatic carbocycles. The summed E-state index contributed by atoms with van der Waals surface area (Å²) in [7, 11) is 0. The average molecular weight is 1860 g/mol. The van der Waals surface area contributed by atoms with E-state index < -0.39 is 402 Å². The number of aliphatic carboxylic acids is 1. The number of amides is 5. The highest BCUT2D eigenvalue weighted by Crippen LogP contribution is 2.42. The largest absolute Gasteiger partial charge is 0.479 e. The number of rotatable bonds is 33. The molecule has 57 nitrogen and oxygen atoms in total. The van der Waals surface area contributed by atoms with Gasteiger partial charge in [0.1, 0.15) is 238 Å². The summed E-state index contributed by atoms with van der Waals surface area (Å²) in [5, 5.41) is 315. The van der Waals surface area contributed by atoms with Crippen LogP contribution in [0.15, 0.2) is 0 Å². The molecule has 127 heavy (non-hydrogen) atoms. The molecule has 0 radical (unpaired) electrons. The summed E-state index contributed by atoms with van der Waals surface area (Å²) < 4.78 is 113. The highest BCUT2D eigenvalue weighted by atomic mass is 16.8. The summed E-state index contributed by atoms with van der Waals surface area (Å²) in [6.45, 7) is -6.01. The summed E-state index contributed by atoms with van der Waals surface area (Å²) >= 11 is 0. The number of aliphatic hydroxyl groups excluding tert-OH is 26. The lowest BCUT2D eigenvalue weighted by Crippen LogP contribution is -2.71. The Hall–Kier alpha value is -4.98. The molecule has 10 rings (SSSR count). The van der Waals surface area contributed by atoms with Crippen LogP contribution in [0.4, 0.5) is 0 Å². The Bertz CT molecular complexity index is 3530. The third-order valence-corrected chi connectivity index (χ3v) is 22.8. The van der Waals surface area contributed by atoms with E-state index in [9.17, 15) is 167 Å². The molecule has 0 spiro atoms. The van der Waals surface area contributed by atoms with E-state index in [0.717, 1.165) is 34.6 Å². The van der Waals surface area contributed by atoms with Gasteiger partial charge in [0.25, 0.3) is 0 Å². The van der Waals surface area contributed by atoms with E-state index in [0.29, 0.717) is 0 Å². The normalized spacial score (nSPS) is 48.1. The van der Waals surface area contributed by atoms with Gasteiger partial charge in [-0.15, -0.1) is 0 Å². The van der Waals surface area contributed by atoms with Crippen molar-refractivity contribution in [2.24, 2.45) is 0 Å². The van der Waals surface area contributed by atoms with Crippen molar-refractivity contribution >= 4 is 35.5 Å². The molecule has 0 unspecified atom stereocenters. The zero-order valence-electron chi connectivity index (χ0n) is 68.0. The Kier molecular flexibility index (Phi) is 37.2. The van der Waals surface area contributed by atoms with Crippen LogP contribution in [0.3, 0.4) is 0 Å². The maximum absolute atomic E-state index is 13.4. The number of hydrogen-bond donors (Lipinski definition) is 32. The van der Waals surface area contributed by atoms with Gasteiger partial charge in [0.2, 0.25) is 29.5 Å². The second kappa shape index (κ2) is 45.4. The minimum Gasteiger partial charge on any atom is -0.479 e. The number of nitrogens with one attached hydrogen (secondary N) is 5. The molecular formula is C70H115N5O52. The fraction of sp³-hybridized carbons (Fsp3) is 0.914.